The van der Waals surface area contributed by atoms with E-state index in [-0.39, 0.29) is 29.2 Å². The normalized spacial score (nSPS) is 21.0. The third kappa shape index (κ3) is 4.41. The molecule has 0 radical (unpaired) electrons. The number of fused-ring (bicyclic) bond motifs is 1. The Labute approximate surface area is 212 Å². The van der Waals surface area contributed by atoms with Gasteiger partial charge in [0.15, 0.2) is 5.69 Å². The van der Waals surface area contributed by atoms with Crippen LogP contribution in [-0.2, 0) is 4.79 Å². The Bertz CT molecular complexity index is 1250. The molecule has 6 rings (SSSR count). The summed E-state index contributed by atoms with van der Waals surface area (Å²) >= 11 is 0. The molecule has 3 fully saturated rings. The van der Waals surface area contributed by atoms with Crippen LogP contribution in [0.15, 0.2) is 48.5 Å². The first-order chi connectivity index (χ1) is 17.5. The lowest BCUT2D eigenvalue weighted by Gasteiger charge is -2.53. The number of piperidine rings is 1. The number of nitrogens with zero attached hydrogens (tertiary/aromatic N) is 3. The second kappa shape index (κ2) is 9.36. The van der Waals surface area contributed by atoms with Gasteiger partial charge in [-0.25, -0.2) is 0 Å². The molecule has 1 spiro atoms. The fraction of sp³-hybridized carbons (Fsp3) is 0.483. The summed E-state index contributed by atoms with van der Waals surface area (Å²) in [4.78, 5) is 30.2. The van der Waals surface area contributed by atoms with Gasteiger partial charge in [0.1, 0.15) is 0 Å². The van der Waals surface area contributed by atoms with Gasteiger partial charge in [-0.05, 0) is 81.9 Å². The van der Waals surface area contributed by atoms with Crippen molar-refractivity contribution >= 4 is 22.7 Å². The number of carbonyl (C=O) groups is 2. The second-order valence-corrected chi connectivity index (χ2v) is 11.2. The van der Waals surface area contributed by atoms with Crippen LogP contribution < -0.4 is 5.32 Å². The molecule has 1 aromatic heterocycles. The molecule has 2 saturated heterocycles. The number of aromatic amines is 1. The summed E-state index contributed by atoms with van der Waals surface area (Å²) in [6, 6.07) is 16.6. The van der Waals surface area contributed by atoms with Crippen LogP contribution in [0.3, 0.4) is 0 Å². The van der Waals surface area contributed by atoms with Crippen molar-refractivity contribution in [3.63, 3.8) is 0 Å². The molecule has 0 unspecified atom stereocenters. The average molecular weight is 486 g/mol. The molecule has 0 bridgehead atoms. The third-order valence-electron chi connectivity index (χ3n) is 8.69. The van der Waals surface area contributed by atoms with Gasteiger partial charge in [0.25, 0.3) is 5.91 Å². The Hall–Kier alpha value is -3.19. The van der Waals surface area contributed by atoms with Crippen molar-refractivity contribution in [1.29, 1.82) is 0 Å². The Morgan fingerprint density at radius 2 is 1.69 bits per heavy atom. The number of H-pyrrole nitrogens is 1. The van der Waals surface area contributed by atoms with Crippen LogP contribution in [0.2, 0.25) is 0 Å². The van der Waals surface area contributed by atoms with E-state index in [4.69, 9.17) is 0 Å². The summed E-state index contributed by atoms with van der Waals surface area (Å²) in [5.74, 6) is 0.425. The fourth-order valence-electron chi connectivity index (χ4n) is 6.33. The molecule has 1 saturated carbocycles. The van der Waals surface area contributed by atoms with Crippen molar-refractivity contribution in [2.75, 3.05) is 33.2 Å². The number of aromatic nitrogens is 2. The summed E-state index contributed by atoms with van der Waals surface area (Å²) in [6.07, 6.45) is 6.08. The number of hydrogen-bond donors (Lipinski definition) is 2. The van der Waals surface area contributed by atoms with Crippen molar-refractivity contribution < 1.29 is 9.59 Å². The molecule has 7 nitrogen and oxygen atoms in total. The minimum Gasteiger partial charge on any atom is -0.353 e. The predicted molar refractivity (Wildman–Crippen MR) is 140 cm³/mol. The SMILES string of the molecule is CN1CCC(C(=O)NC2CCC3(CC2)CN(C(=O)c2n[nH]c4cc(-c5ccccc5)ccc24)C3)CC1. The summed E-state index contributed by atoms with van der Waals surface area (Å²) in [5.41, 5.74) is 3.85. The molecule has 3 aliphatic rings. The van der Waals surface area contributed by atoms with Crippen LogP contribution >= 0.6 is 0 Å². The van der Waals surface area contributed by atoms with Crippen molar-refractivity contribution in [2.24, 2.45) is 11.3 Å². The number of nitrogens with one attached hydrogen (secondary N) is 2. The van der Waals surface area contributed by atoms with Crippen molar-refractivity contribution in [3.8, 4) is 11.1 Å². The van der Waals surface area contributed by atoms with Crippen molar-refractivity contribution in [1.82, 2.24) is 25.3 Å². The topological polar surface area (TPSA) is 81.3 Å². The number of carbonyl (C=O) groups excluding carboxylic acids is 2. The smallest absolute Gasteiger partial charge is 0.275 e. The zero-order chi connectivity index (χ0) is 24.7. The summed E-state index contributed by atoms with van der Waals surface area (Å²) in [5, 5.41) is 11.7. The van der Waals surface area contributed by atoms with E-state index in [1.54, 1.807) is 0 Å². The fourth-order valence-corrected chi connectivity index (χ4v) is 6.33. The average Bonchev–Trinajstić information content (AvgIpc) is 3.32. The van der Waals surface area contributed by atoms with E-state index in [0.29, 0.717) is 5.69 Å². The number of hydrogen-bond acceptors (Lipinski definition) is 4. The predicted octanol–water partition coefficient (Wildman–Crippen LogP) is 4.07. The Kier molecular flexibility index (Phi) is 6.04. The highest BCUT2D eigenvalue weighted by molar-refractivity contribution is 6.05. The lowest BCUT2D eigenvalue weighted by Crippen LogP contribution is -2.60. The molecule has 2 aliphatic heterocycles. The zero-order valence-corrected chi connectivity index (χ0v) is 21.0. The number of rotatable bonds is 4. The first-order valence-electron chi connectivity index (χ1n) is 13.3. The van der Waals surface area contributed by atoms with Gasteiger partial charge in [-0.1, -0.05) is 36.4 Å². The highest BCUT2D eigenvalue weighted by atomic mass is 16.2. The first kappa shape index (κ1) is 23.2. The van der Waals surface area contributed by atoms with Gasteiger partial charge in [0.05, 0.1) is 5.52 Å². The molecule has 3 heterocycles. The van der Waals surface area contributed by atoms with Gasteiger partial charge < -0.3 is 15.1 Å². The van der Waals surface area contributed by atoms with Crippen LogP contribution in [-0.4, -0.2) is 71.1 Å². The summed E-state index contributed by atoms with van der Waals surface area (Å²) in [7, 11) is 2.12. The summed E-state index contributed by atoms with van der Waals surface area (Å²) < 4.78 is 0. The lowest BCUT2D eigenvalue weighted by atomic mass is 9.67. The van der Waals surface area contributed by atoms with Gasteiger partial charge in [-0.15, -0.1) is 0 Å². The Morgan fingerprint density at radius 1 is 0.972 bits per heavy atom. The largest absolute Gasteiger partial charge is 0.353 e. The van der Waals surface area contributed by atoms with E-state index in [1.807, 2.05) is 29.2 Å². The van der Waals surface area contributed by atoms with Crippen LogP contribution in [0.1, 0.15) is 49.0 Å². The van der Waals surface area contributed by atoms with Crippen LogP contribution in [0, 0.1) is 11.3 Å². The third-order valence-corrected chi connectivity index (χ3v) is 8.69. The van der Waals surface area contributed by atoms with Crippen LogP contribution in [0.4, 0.5) is 0 Å². The van der Waals surface area contributed by atoms with Gasteiger partial charge in [0.2, 0.25) is 5.91 Å². The maximum atomic E-state index is 13.3. The summed E-state index contributed by atoms with van der Waals surface area (Å²) in [6.45, 7) is 3.60. The van der Waals surface area contributed by atoms with E-state index in [9.17, 15) is 9.59 Å². The van der Waals surface area contributed by atoms with Crippen molar-refractivity contribution in [3.05, 3.63) is 54.2 Å². The minimum absolute atomic E-state index is 0.0111. The maximum absolute atomic E-state index is 13.3. The minimum atomic E-state index is 0.0111. The number of amides is 2. The van der Waals surface area contributed by atoms with Gasteiger partial charge in [0, 0.05) is 35.9 Å². The standard InChI is InChI=1S/C29H35N5O2/c1-33-15-11-21(12-16-33)27(35)30-23-9-13-29(14-10-23)18-34(19-29)28(36)26-24-8-7-22(17-25(24)31-32-26)20-5-3-2-4-6-20/h2-8,17,21,23H,9-16,18-19H2,1H3,(H,30,35)(H,31,32). The molecule has 188 valence electrons. The van der Waals surface area contributed by atoms with E-state index in [0.717, 1.165) is 86.7 Å². The van der Waals surface area contributed by atoms with Gasteiger partial charge in [-0.2, -0.15) is 5.10 Å². The van der Waals surface area contributed by atoms with E-state index in [1.165, 1.54) is 0 Å². The van der Waals surface area contributed by atoms with Crippen molar-refractivity contribution in [2.45, 2.75) is 44.6 Å². The Morgan fingerprint density at radius 3 is 2.42 bits per heavy atom. The zero-order valence-electron chi connectivity index (χ0n) is 21.0. The highest BCUT2D eigenvalue weighted by Crippen LogP contribution is 2.44. The van der Waals surface area contributed by atoms with Crippen LogP contribution in [0.25, 0.3) is 22.0 Å². The van der Waals surface area contributed by atoms with Crippen LogP contribution in [0.5, 0.6) is 0 Å². The van der Waals surface area contributed by atoms with E-state index in [2.05, 4.69) is 51.7 Å². The molecule has 2 aromatic carbocycles. The highest BCUT2D eigenvalue weighted by Gasteiger charge is 2.47. The maximum Gasteiger partial charge on any atom is 0.275 e. The molecule has 1 aliphatic carbocycles. The quantitative estimate of drug-likeness (QED) is 0.584. The molecule has 3 aromatic rings. The molecule has 2 N–H and O–H groups in total. The van der Waals surface area contributed by atoms with Gasteiger partial charge >= 0.3 is 0 Å². The number of benzene rings is 2. The second-order valence-electron chi connectivity index (χ2n) is 11.2. The molecular weight excluding hydrogens is 450 g/mol. The molecular formula is C29H35N5O2. The Balaban J connectivity index is 1.03. The van der Waals surface area contributed by atoms with Gasteiger partial charge in [-0.3, -0.25) is 14.7 Å². The monoisotopic (exact) mass is 485 g/mol. The number of likely N-dealkylation sites (tertiary alicyclic amines) is 2. The van der Waals surface area contributed by atoms with E-state index >= 15 is 0 Å². The van der Waals surface area contributed by atoms with E-state index < -0.39 is 0 Å². The molecule has 36 heavy (non-hydrogen) atoms. The molecule has 0 atom stereocenters. The first-order valence-corrected chi connectivity index (χ1v) is 13.3. The molecule has 2 amide bonds. The molecule has 7 heteroatoms. The lowest BCUT2D eigenvalue weighted by molar-refractivity contribution is -0.127.